The van der Waals surface area contributed by atoms with Crippen molar-refractivity contribution in [1.82, 2.24) is 9.80 Å². The summed E-state index contributed by atoms with van der Waals surface area (Å²) in [4.78, 5) is 54.1. The third-order valence-corrected chi connectivity index (χ3v) is 35.8. The molecule has 0 spiro atoms. The summed E-state index contributed by atoms with van der Waals surface area (Å²) in [5.41, 5.74) is -0.754. The summed E-state index contributed by atoms with van der Waals surface area (Å²) >= 11 is 0. The lowest BCUT2D eigenvalue weighted by Gasteiger charge is -2.65. The van der Waals surface area contributed by atoms with Crippen LogP contribution in [0.5, 0.6) is 0 Å². The van der Waals surface area contributed by atoms with Crippen molar-refractivity contribution in [3.05, 3.63) is 23.3 Å². The van der Waals surface area contributed by atoms with Crippen molar-refractivity contribution < 1.29 is 121 Å². The molecule has 122 heavy (non-hydrogen) atoms. The number of fused-ring (bicyclic) bond motifs is 10. The van der Waals surface area contributed by atoms with Gasteiger partial charge < -0.3 is 101 Å². The second kappa shape index (κ2) is 36.0. The fraction of sp³-hybridized carbons (Fsp3) is 0.916. The number of rotatable bonds is 18. The number of carbonyl (C=O) groups excluding carboxylic acids is 4. The third-order valence-electron chi connectivity index (χ3n) is 35.8. The molecule has 38 atom stereocenters. The zero-order valence-corrected chi connectivity index (χ0v) is 75.1. The molecule has 27 nitrogen and oxygen atoms in total. The standard InChI is InChI=1S/C50H77NO13.C45H71NO12/c1-27-20-39-38(50(55)18-15-37(49(27,50)8)33-21-42(54)56-26-33)13-12-34-22-36(14-17-48(34,39)7)62-44-23-40(60-31(5)52)47(30(4)58-44)64-45-24-41(61-32(6)53)46(29(3)59-45)63-43-16-19-51(25-28(2)57-43)35-10-9-11-35;1-24-22-46(29-7-6-8-29)16-13-38(53-24)57-41-25(2)55-40(21-35(41)48)58-42-26(3)54-39(20-34(42)47)56-30-11-14-43(4)28(18-30)9-10-32-33(43)19-36(49)44(5)31(12-15-45(32,44)51)27-17-37(50)52-23-27/h21,27-30,34-41,43-47,55H,9-20,22-26H2,1-8H3;17,24-26,28-36,38-42,47-49,51H,6-16,18-23H2,1-5H3/t27-,28?,29-,30-,34?,36-,37+,38?,39?,40-,41-,43?,44-,45-,46+,47+,48-,49+,50-;24?,25-,26-,28?,30-,31+,32?,33?,34-,35-,36-,38?,39-,40-,41+,42+,43-,44-,45-/m00/s1. The van der Waals surface area contributed by atoms with Crippen LogP contribution in [0, 0.1) is 74.9 Å². The highest BCUT2D eigenvalue weighted by Gasteiger charge is 2.73. The maximum atomic E-state index is 12.8. The van der Waals surface area contributed by atoms with Crippen molar-refractivity contribution in [2.45, 2.75) is 435 Å². The van der Waals surface area contributed by atoms with Crippen LogP contribution in [-0.4, -0.2) is 263 Å². The van der Waals surface area contributed by atoms with Crippen molar-refractivity contribution in [2.24, 2.45) is 74.9 Å². The molecule has 8 heterocycles. The number of cyclic esters (lactones) is 2. The Morgan fingerprint density at radius 3 is 1.24 bits per heavy atom. The number of aliphatic hydroxyl groups excluding tert-OH is 3. The number of ether oxygens (including phenoxy) is 16. The molecule has 0 amide bonds. The summed E-state index contributed by atoms with van der Waals surface area (Å²) in [5.74, 6) is 0.763. The van der Waals surface area contributed by atoms with E-state index >= 15 is 0 Å². The zero-order valence-electron chi connectivity index (χ0n) is 75.1. The molecular weight excluding hydrogens is 1570 g/mol. The molecule has 16 fully saturated rings. The maximum Gasteiger partial charge on any atom is 0.331 e. The lowest BCUT2D eigenvalue weighted by Crippen LogP contribution is -2.67. The van der Waals surface area contributed by atoms with E-state index < -0.39 is 146 Å². The molecule has 18 aliphatic rings. The Morgan fingerprint density at radius 2 is 0.811 bits per heavy atom. The molecule has 0 bridgehead atoms. The van der Waals surface area contributed by atoms with Crippen molar-refractivity contribution >= 4 is 23.9 Å². The summed E-state index contributed by atoms with van der Waals surface area (Å²) in [6, 6.07) is 1.27. The molecule has 5 N–H and O–H groups in total. The van der Waals surface area contributed by atoms with Crippen LogP contribution in [0.3, 0.4) is 0 Å². The summed E-state index contributed by atoms with van der Waals surface area (Å²) in [7, 11) is 0. The van der Waals surface area contributed by atoms with Gasteiger partial charge in [0.1, 0.15) is 49.8 Å². The van der Waals surface area contributed by atoms with Gasteiger partial charge in [0.2, 0.25) is 0 Å². The zero-order chi connectivity index (χ0) is 86.0. The molecule has 688 valence electrons. The maximum absolute atomic E-state index is 12.8. The molecule has 6 saturated heterocycles. The lowest BCUT2D eigenvalue weighted by atomic mass is 9.41. The van der Waals surface area contributed by atoms with E-state index in [1.54, 1.807) is 12.2 Å². The van der Waals surface area contributed by atoms with E-state index in [1.807, 2.05) is 27.7 Å². The fourth-order valence-corrected chi connectivity index (χ4v) is 28.8. The van der Waals surface area contributed by atoms with E-state index in [4.69, 9.17) is 75.8 Å². The molecular formula is C95H148N2O25. The van der Waals surface area contributed by atoms with Gasteiger partial charge in [0.15, 0.2) is 37.7 Å². The Labute approximate surface area is 723 Å². The van der Waals surface area contributed by atoms with Crippen LogP contribution in [0.25, 0.3) is 0 Å². The minimum Gasteiger partial charge on any atom is -0.459 e. The highest BCUT2D eigenvalue weighted by atomic mass is 16.8. The average molecular weight is 1720 g/mol. The molecule has 18 rings (SSSR count). The molecule has 27 heteroatoms. The van der Waals surface area contributed by atoms with Crippen LogP contribution in [0.2, 0.25) is 0 Å². The first-order chi connectivity index (χ1) is 58.1. The predicted octanol–water partition coefficient (Wildman–Crippen LogP) is 11.1. The van der Waals surface area contributed by atoms with Crippen molar-refractivity contribution in [3.63, 3.8) is 0 Å². The SMILES string of the molecule is CC(=O)O[C@H]1C[C@H](O[C@@H]2[C@H](C)O[C@@H](O[C@H]3CC[C@@]4(C)C(CCC5C4C[C@H](C)[C@]4(C)[C@@H](C6=CC(=O)OC6)CC[C@]54O)C3)C[C@@H]2OC(C)=O)O[C@@H](C)[C@H]1OC1CCN(C2CCC2)CC(C)O1.CC1CN(C2CCC2)CCC(O[C@@H]2[C@H](C)O[C@@H](O[C@@H]3[C@H](C)O[C@@H](O[C@H]4CC[C@@]5(C)C(CCC6C5C[C@H](O)[C@]5(C)[C@@H](C7=CC(=O)OC7)CC[C@]65O)C4)C[C@@H]3O)C[C@@H]2O)O1. The van der Waals surface area contributed by atoms with Crippen LogP contribution < -0.4 is 0 Å². The highest BCUT2D eigenvalue weighted by molar-refractivity contribution is 5.86. The Morgan fingerprint density at radius 1 is 0.418 bits per heavy atom. The lowest BCUT2D eigenvalue weighted by molar-refractivity contribution is -0.330. The number of aliphatic hydroxyl groups is 5. The van der Waals surface area contributed by atoms with Gasteiger partial charge in [0.05, 0.1) is 78.3 Å². The Hall–Kier alpha value is -3.40. The van der Waals surface area contributed by atoms with Crippen molar-refractivity contribution in [3.8, 4) is 0 Å². The first-order valence-electron chi connectivity index (χ1n) is 48.0. The van der Waals surface area contributed by atoms with Crippen molar-refractivity contribution in [1.29, 1.82) is 0 Å². The van der Waals surface area contributed by atoms with Crippen LogP contribution in [0.15, 0.2) is 23.3 Å². The van der Waals surface area contributed by atoms with Crippen LogP contribution in [0.4, 0.5) is 0 Å². The van der Waals surface area contributed by atoms with Gasteiger partial charge >= 0.3 is 23.9 Å². The Bertz CT molecular complexity index is 3730. The van der Waals surface area contributed by atoms with Crippen molar-refractivity contribution in [2.75, 3.05) is 39.4 Å². The number of carbonyl (C=O) groups is 4. The van der Waals surface area contributed by atoms with Gasteiger partial charge in [-0.25, -0.2) is 9.59 Å². The second-order valence-electron chi connectivity index (χ2n) is 42.5. The minimum atomic E-state index is -0.997. The molecule has 10 unspecified atom stereocenters. The van der Waals surface area contributed by atoms with Gasteiger partial charge in [-0.05, 0) is 245 Å². The topological polar surface area (TPSA) is 324 Å². The number of hydrogen-bond acceptors (Lipinski definition) is 27. The largest absolute Gasteiger partial charge is 0.459 e. The summed E-state index contributed by atoms with van der Waals surface area (Å²) < 4.78 is 100. The third kappa shape index (κ3) is 17.2. The summed E-state index contributed by atoms with van der Waals surface area (Å²) in [6.07, 6.45) is 16.2. The van der Waals surface area contributed by atoms with Crippen LogP contribution in [0.1, 0.15) is 270 Å². The van der Waals surface area contributed by atoms with E-state index in [1.165, 1.54) is 52.4 Å². The second-order valence-corrected chi connectivity index (χ2v) is 42.5. The molecule has 0 aromatic heterocycles. The van der Waals surface area contributed by atoms with E-state index in [9.17, 15) is 44.7 Å². The number of hydrogen-bond donors (Lipinski definition) is 5. The Balaban J connectivity index is 0.000000174. The van der Waals surface area contributed by atoms with E-state index in [0.29, 0.717) is 68.0 Å². The van der Waals surface area contributed by atoms with Crippen LogP contribution in [-0.2, 0) is 95.0 Å². The fourth-order valence-electron chi connectivity index (χ4n) is 28.8. The molecule has 8 aliphatic heterocycles. The molecule has 0 aromatic rings. The van der Waals surface area contributed by atoms with Gasteiger partial charge in [-0.2, -0.15) is 0 Å². The van der Waals surface area contributed by atoms with E-state index in [2.05, 4.69) is 58.3 Å². The average Bonchev–Trinajstić information content (AvgIpc) is 1.41. The van der Waals surface area contributed by atoms with Gasteiger partial charge in [-0.3, -0.25) is 19.4 Å². The van der Waals surface area contributed by atoms with E-state index in [0.717, 1.165) is 134 Å². The van der Waals surface area contributed by atoms with Gasteiger partial charge in [0.25, 0.3) is 0 Å². The van der Waals surface area contributed by atoms with E-state index in [-0.39, 0.29) is 108 Å². The van der Waals surface area contributed by atoms with Gasteiger partial charge in [-0.1, -0.05) is 47.5 Å². The Kier molecular flexibility index (Phi) is 26.8. The molecule has 0 radical (unpaired) electrons. The smallest absolute Gasteiger partial charge is 0.331 e. The number of esters is 4. The normalized spacial score (nSPS) is 50.6. The first-order valence-corrected chi connectivity index (χ1v) is 48.0. The van der Waals surface area contributed by atoms with Crippen LogP contribution >= 0.6 is 0 Å². The summed E-state index contributed by atoms with van der Waals surface area (Å²) in [6.45, 7) is 30.3. The predicted molar refractivity (Wildman–Crippen MR) is 442 cm³/mol. The monoisotopic (exact) mass is 1720 g/mol. The van der Waals surface area contributed by atoms with Gasteiger partial charge in [0, 0.05) is 114 Å². The first kappa shape index (κ1) is 90.5. The quantitative estimate of drug-likeness (QED) is 0.0483. The molecule has 10 aliphatic carbocycles. The van der Waals surface area contributed by atoms with Gasteiger partial charge in [-0.15, -0.1) is 0 Å². The molecule has 0 aromatic carbocycles. The number of nitrogens with zero attached hydrogens (tertiary/aromatic N) is 2. The minimum absolute atomic E-state index is 0.00742. The highest BCUT2D eigenvalue weighted by Crippen LogP contribution is 2.73. The molecule has 10 saturated carbocycles. The summed E-state index contributed by atoms with van der Waals surface area (Å²) in [5, 5.41) is 60.0.